The summed E-state index contributed by atoms with van der Waals surface area (Å²) in [6.45, 7) is 0.0933. The first kappa shape index (κ1) is 14.8. The Morgan fingerprint density at radius 3 is 2.81 bits per heavy atom. The van der Waals surface area contributed by atoms with Gasteiger partial charge in [-0.05, 0) is 17.7 Å². The molecule has 1 aromatic heterocycles. The van der Waals surface area contributed by atoms with Crippen molar-refractivity contribution in [1.29, 1.82) is 0 Å². The molecule has 0 aliphatic carbocycles. The Morgan fingerprint density at radius 2 is 2.10 bits per heavy atom. The zero-order valence-corrected chi connectivity index (χ0v) is 11.1. The first-order valence-electron chi connectivity index (χ1n) is 6.28. The van der Waals surface area contributed by atoms with Crippen LogP contribution in [-0.2, 0) is 6.54 Å². The number of rotatable bonds is 3. The van der Waals surface area contributed by atoms with E-state index in [4.69, 9.17) is 5.11 Å². The third kappa shape index (κ3) is 3.91. The maximum atomic E-state index is 13.3. The second kappa shape index (κ2) is 6.68. The van der Waals surface area contributed by atoms with Crippen molar-refractivity contribution in [2.24, 2.45) is 0 Å². The normalized spacial score (nSPS) is 10.0. The molecule has 0 unspecified atom stereocenters. The minimum Gasteiger partial charge on any atom is -0.395 e. The molecular formula is C15H13FN2O3. The van der Waals surface area contributed by atoms with Gasteiger partial charge in [-0.2, -0.15) is 0 Å². The van der Waals surface area contributed by atoms with Crippen molar-refractivity contribution in [3.63, 3.8) is 0 Å². The lowest BCUT2D eigenvalue weighted by Gasteiger charge is -2.07. The minimum absolute atomic E-state index is 0.0724. The number of nitrogens with zero attached hydrogens (tertiary/aromatic N) is 1. The molecule has 0 bridgehead atoms. The van der Waals surface area contributed by atoms with E-state index in [1.165, 1.54) is 35.0 Å². The number of halogens is 1. The molecule has 0 amide bonds. The predicted octanol–water partition coefficient (Wildman–Crippen LogP) is 0.458. The molecule has 0 aliphatic heterocycles. The van der Waals surface area contributed by atoms with Gasteiger partial charge >= 0.3 is 5.69 Å². The van der Waals surface area contributed by atoms with Crippen LogP contribution in [0.2, 0.25) is 0 Å². The summed E-state index contributed by atoms with van der Waals surface area (Å²) in [5, 5.41) is 8.71. The molecule has 0 aliphatic rings. The van der Waals surface area contributed by atoms with E-state index in [1.807, 2.05) is 0 Å². The van der Waals surface area contributed by atoms with Crippen LogP contribution in [0.3, 0.4) is 0 Å². The molecule has 0 spiro atoms. The Morgan fingerprint density at radius 1 is 1.29 bits per heavy atom. The molecular weight excluding hydrogens is 275 g/mol. The number of H-pyrrole nitrogens is 1. The second-order valence-corrected chi connectivity index (χ2v) is 4.31. The number of benzene rings is 1. The summed E-state index contributed by atoms with van der Waals surface area (Å²) in [6, 6.07) is 5.33. The van der Waals surface area contributed by atoms with Crippen molar-refractivity contribution in [1.82, 2.24) is 9.55 Å². The Balaban J connectivity index is 2.38. The predicted molar refractivity (Wildman–Crippen MR) is 75.4 cm³/mol. The molecule has 0 saturated carbocycles. The van der Waals surface area contributed by atoms with Gasteiger partial charge in [-0.15, -0.1) is 0 Å². The zero-order chi connectivity index (χ0) is 15.2. The molecule has 21 heavy (non-hydrogen) atoms. The van der Waals surface area contributed by atoms with Crippen molar-refractivity contribution in [3.8, 4) is 11.8 Å². The van der Waals surface area contributed by atoms with Crippen molar-refractivity contribution in [2.45, 2.75) is 13.0 Å². The number of hydrogen-bond acceptors (Lipinski definition) is 3. The smallest absolute Gasteiger partial charge is 0.328 e. The largest absolute Gasteiger partial charge is 0.395 e. The van der Waals surface area contributed by atoms with E-state index in [9.17, 15) is 14.0 Å². The van der Waals surface area contributed by atoms with Crippen LogP contribution in [-0.4, -0.2) is 21.3 Å². The van der Waals surface area contributed by atoms with Crippen LogP contribution in [0.5, 0.6) is 0 Å². The van der Waals surface area contributed by atoms with Crippen LogP contribution in [0, 0.1) is 17.7 Å². The number of aromatic nitrogens is 2. The first-order valence-corrected chi connectivity index (χ1v) is 6.28. The van der Waals surface area contributed by atoms with Crippen molar-refractivity contribution >= 4 is 0 Å². The topological polar surface area (TPSA) is 75.1 Å². The summed E-state index contributed by atoms with van der Waals surface area (Å²) in [5.41, 5.74) is 0.0805. The van der Waals surface area contributed by atoms with Gasteiger partial charge in [0, 0.05) is 24.2 Å². The van der Waals surface area contributed by atoms with Gasteiger partial charge in [0.15, 0.2) is 0 Å². The first-order chi connectivity index (χ1) is 10.1. The highest BCUT2D eigenvalue weighted by atomic mass is 19.1. The van der Waals surface area contributed by atoms with Crippen LogP contribution in [0.25, 0.3) is 0 Å². The average Bonchev–Trinajstić information content (AvgIpc) is 2.44. The lowest BCUT2D eigenvalue weighted by molar-refractivity contribution is 0.305. The van der Waals surface area contributed by atoms with E-state index < -0.39 is 17.1 Å². The average molecular weight is 288 g/mol. The molecule has 0 radical (unpaired) electrons. The second-order valence-electron chi connectivity index (χ2n) is 4.31. The third-order valence-electron chi connectivity index (χ3n) is 2.77. The van der Waals surface area contributed by atoms with Crippen LogP contribution in [0.1, 0.15) is 17.5 Å². The zero-order valence-electron chi connectivity index (χ0n) is 11.1. The van der Waals surface area contributed by atoms with E-state index in [0.29, 0.717) is 11.1 Å². The van der Waals surface area contributed by atoms with Crippen molar-refractivity contribution < 1.29 is 9.50 Å². The molecule has 2 N–H and O–H groups in total. The molecule has 0 atom stereocenters. The van der Waals surface area contributed by atoms with Gasteiger partial charge in [0.2, 0.25) is 0 Å². The summed E-state index contributed by atoms with van der Waals surface area (Å²) in [5.74, 6) is 5.06. The Labute approximate surface area is 119 Å². The number of aromatic amines is 1. The number of nitrogens with one attached hydrogen (secondary N) is 1. The van der Waals surface area contributed by atoms with Crippen LogP contribution < -0.4 is 11.2 Å². The third-order valence-corrected chi connectivity index (χ3v) is 2.77. The van der Waals surface area contributed by atoms with Gasteiger partial charge in [0.1, 0.15) is 5.82 Å². The van der Waals surface area contributed by atoms with Gasteiger partial charge in [-0.25, -0.2) is 9.18 Å². The fourth-order valence-electron chi connectivity index (χ4n) is 1.77. The maximum Gasteiger partial charge on any atom is 0.328 e. The summed E-state index contributed by atoms with van der Waals surface area (Å²) in [4.78, 5) is 24.8. The van der Waals surface area contributed by atoms with Gasteiger partial charge in [0.05, 0.1) is 13.2 Å². The quantitative estimate of drug-likeness (QED) is 0.806. The van der Waals surface area contributed by atoms with Gasteiger partial charge in [-0.3, -0.25) is 14.3 Å². The molecule has 108 valence electrons. The standard InChI is InChI=1S/C15H13FN2O3/c16-13-5-4-12(11(9-13)3-1-2-8-19)10-18-7-6-14(20)17-15(18)21/h4-7,9,19H,2,8,10H2,(H,17,20,21). The van der Waals surface area contributed by atoms with E-state index in [-0.39, 0.29) is 19.6 Å². The minimum atomic E-state index is -0.541. The number of aliphatic hydroxyl groups excluding tert-OH is 1. The maximum absolute atomic E-state index is 13.3. The highest BCUT2D eigenvalue weighted by Gasteiger charge is 2.05. The highest BCUT2D eigenvalue weighted by Crippen LogP contribution is 2.11. The van der Waals surface area contributed by atoms with Crippen LogP contribution >= 0.6 is 0 Å². The Kier molecular flexibility index (Phi) is 4.69. The molecule has 2 aromatic rings. The van der Waals surface area contributed by atoms with Crippen molar-refractivity contribution in [3.05, 3.63) is 68.2 Å². The molecule has 1 heterocycles. The van der Waals surface area contributed by atoms with Gasteiger partial charge < -0.3 is 5.11 Å². The number of hydrogen-bond donors (Lipinski definition) is 2. The highest BCUT2D eigenvalue weighted by molar-refractivity contribution is 5.41. The van der Waals surface area contributed by atoms with E-state index in [1.54, 1.807) is 0 Å². The van der Waals surface area contributed by atoms with Crippen LogP contribution in [0.4, 0.5) is 4.39 Å². The van der Waals surface area contributed by atoms with Gasteiger partial charge in [0.25, 0.3) is 5.56 Å². The molecule has 0 fully saturated rings. The number of aliphatic hydroxyl groups is 1. The molecule has 1 aromatic carbocycles. The summed E-state index contributed by atoms with van der Waals surface area (Å²) >= 11 is 0. The summed E-state index contributed by atoms with van der Waals surface area (Å²) in [7, 11) is 0. The monoisotopic (exact) mass is 288 g/mol. The lowest BCUT2D eigenvalue weighted by Crippen LogP contribution is -2.29. The molecule has 5 nitrogen and oxygen atoms in total. The summed E-state index contributed by atoms with van der Waals surface area (Å²) in [6.07, 6.45) is 1.66. The molecule has 0 saturated heterocycles. The molecule has 2 rings (SSSR count). The fourth-order valence-corrected chi connectivity index (χ4v) is 1.77. The van der Waals surface area contributed by atoms with Crippen LogP contribution in [0.15, 0.2) is 40.1 Å². The van der Waals surface area contributed by atoms with Gasteiger partial charge in [-0.1, -0.05) is 17.9 Å². The lowest BCUT2D eigenvalue weighted by atomic mass is 10.1. The Bertz CT molecular complexity index is 812. The fraction of sp³-hybridized carbons (Fsp3) is 0.200. The summed E-state index contributed by atoms with van der Waals surface area (Å²) < 4.78 is 14.6. The van der Waals surface area contributed by atoms with E-state index in [0.717, 1.165) is 0 Å². The van der Waals surface area contributed by atoms with Crippen molar-refractivity contribution in [2.75, 3.05) is 6.61 Å². The van der Waals surface area contributed by atoms with E-state index in [2.05, 4.69) is 16.8 Å². The van der Waals surface area contributed by atoms with E-state index >= 15 is 0 Å². The molecule has 6 heteroatoms. The SMILES string of the molecule is O=c1ccn(Cc2ccc(F)cc2C#CCCO)c(=O)[nH]1. The Hall–Kier alpha value is -2.65.